The number of guanidine groups is 2. The first-order valence-electron chi connectivity index (χ1n) is 5.55. The number of anilines is 1. The number of nitrogens with two attached hydrogens (primary N) is 3. The summed E-state index contributed by atoms with van der Waals surface area (Å²) in [7, 11) is 1.68. The number of hydrogen-bond donors (Lipinski definition) is 4. The van der Waals surface area contributed by atoms with Gasteiger partial charge in [0.15, 0.2) is 5.96 Å². The van der Waals surface area contributed by atoms with Gasteiger partial charge >= 0.3 is 6.03 Å². The van der Waals surface area contributed by atoms with Crippen molar-refractivity contribution in [3.05, 3.63) is 23.8 Å². The first-order valence-corrected chi connectivity index (χ1v) is 5.55. The summed E-state index contributed by atoms with van der Waals surface area (Å²) in [5.41, 5.74) is 18.3. The van der Waals surface area contributed by atoms with Gasteiger partial charge in [0.05, 0.1) is 11.4 Å². The Morgan fingerprint density at radius 2 is 2.11 bits per heavy atom. The maximum Gasteiger partial charge on any atom is 0.321 e. The molecule has 0 radical (unpaired) electrons. The van der Waals surface area contributed by atoms with Gasteiger partial charge in [0, 0.05) is 13.6 Å². The van der Waals surface area contributed by atoms with Crippen LogP contribution in [0.25, 0.3) is 0 Å². The normalized spacial score (nSPS) is 14.7. The molecule has 0 saturated carbocycles. The minimum absolute atomic E-state index is 0.0390. The Kier molecular flexibility index (Phi) is 3.23. The zero-order valence-electron chi connectivity index (χ0n) is 10.4. The van der Waals surface area contributed by atoms with E-state index in [-0.39, 0.29) is 18.0 Å². The fourth-order valence-electron chi connectivity index (χ4n) is 1.77. The van der Waals surface area contributed by atoms with E-state index >= 15 is 0 Å². The first kappa shape index (κ1) is 12.7. The Hall–Kier alpha value is -2.77. The van der Waals surface area contributed by atoms with Crippen molar-refractivity contribution in [2.24, 2.45) is 27.2 Å². The standard InChI is InChI=1S/C11H15N7O/c1-18-8-4-7(16-10(14)17-9(12)13)3-2-6(8)5-15-11(18)19/h2-4H,5H2,1H3,(H,15,19)(H6,12,13,14,16,17). The van der Waals surface area contributed by atoms with Crippen molar-refractivity contribution >= 4 is 29.3 Å². The summed E-state index contributed by atoms with van der Waals surface area (Å²) < 4.78 is 0. The number of benzene rings is 1. The van der Waals surface area contributed by atoms with E-state index in [0.29, 0.717) is 12.2 Å². The van der Waals surface area contributed by atoms with Crippen molar-refractivity contribution < 1.29 is 4.79 Å². The third-order valence-electron chi connectivity index (χ3n) is 2.65. The maximum absolute atomic E-state index is 11.5. The molecule has 0 aromatic heterocycles. The summed E-state index contributed by atoms with van der Waals surface area (Å²) in [4.78, 5) is 20.7. The summed E-state index contributed by atoms with van der Waals surface area (Å²) in [5, 5.41) is 2.75. The summed E-state index contributed by atoms with van der Waals surface area (Å²) in [6, 6.07) is 5.24. The second-order valence-electron chi connectivity index (χ2n) is 4.04. The van der Waals surface area contributed by atoms with E-state index in [1.165, 1.54) is 4.90 Å². The van der Waals surface area contributed by atoms with Gasteiger partial charge in [0.25, 0.3) is 0 Å². The third kappa shape index (κ3) is 2.73. The van der Waals surface area contributed by atoms with E-state index in [9.17, 15) is 4.79 Å². The number of nitrogens with zero attached hydrogens (tertiary/aromatic N) is 3. The second-order valence-corrected chi connectivity index (χ2v) is 4.04. The Bertz CT molecular complexity index is 574. The molecule has 100 valence electrons. The second kappa shape index (κ2) is 4.84. The number of fused-ring (bicyclic) bond motifs is 1. The number of carbonyl (C=O) groups excluding carboxylic acids is 1. The van der Waals surface area contributed by atoms with Crippen LogP contribution in [0.2, 0.25) is 0 Å². The van der Waals surface area contributed by atoms with Crippen LogP contribution in [0.15, 0.2) is 28.2 Å². The molecule has 1 aliphatic rings. The van der Waals surface area contributed by atoms with Crippen molar-refractivity contribution in [1.29, 1.82) is 0 Å². The van der Waals surface area contributed by atoms with Gasteiger partial charge in [-0.3, -0.25) is 4.90 Å². The Morgan fingerprint density at radius 3 is 2.79 bits per heavy atom. The lowest BCUT2D eigenvalue weighted by molar-refractivity contribution is 0.246. The molecule has 0 bridgehead atoms. The SMILES string of the molecule is CN1C(=O)NCc2ccc(N=C(N)N=C(N)N)cc21. The largest absolute Gasteiger partial charge is 0.370 e. The van der Waals surface area contributed by atoms with E-state index < -0.39 is 0 Å². The number of rotatable bonds is 1. The topological polar surface area (TPSA) is 135 Å². The van der Waals surface area contributed by atoms with Gasteiger partial charge in [-0.15, -0.1) is 0 Å². The van der Waals surface area contributed by atoms with Crippen LogP contribution in [-0.4, -0.2) is 25.0 Å². The van der Waals surface area contributed by atoms with Gasteiger partial charge in [-0.25, -0.2) is 9.79 Å². The van der Waals surface area contributed by atoms with Gasteiger partial charge < -0.3 is 22.5 Å². The smallest absolute Gasteiger partial charge is 0.321 e. The molecule has 0 unspecified atom stereocenters. The Morgan fingerprint density at radius 1 is 1.37 bits per heavy atom. The van der Waals surface area contributed by atoms with Gasteiger partial charge in [-0.2, -0.15) is 4.99 Å². The lowest BCUT2D eigenvalue weighted by Crippen LogP contribution is -2.41. The lowest BCUT2D eigenvalue weighted by atomic mass is 10.1. The van der Waals surface area contributed by atoms with Gasteiger partial charge in [0.2, 0.25) is 5.96 Å². The number of nitrogens with one attached hydrogen (secondary N) is 1. The minimum Gasteiger partial charge on any atom is -0.370 e. The molecule has 8 heteroatoms. The molecule has 7 N–H and O–H groups in total. The molecule has 8 nitrogen and oxygen atoms in total. The number of aliphatic imine (C=N–C) groups is 2. The molecule has 0 spiro atoms. The molecule has 0 aliphatic carbocycles. The quantitative estimate of drug-likeness (QED) is 0.402. The molecule has 1 aromatic rings. The van der Waals surface area contributed by atoms with Crippen molar-refractivity contribution in [2.75, 3.05) is 11.9 Å². The molecule has 2 amide bonds. The first-order chi connectivity index (χ1) is 8.97. The van der Waals surface area contributed by atoms with Crippen LogP contribution in [0.1, 0.15) is 5.56 Å². The predicted molar refractivity (Wildman–Crippen MR) is 74.2 cm³/mol. The molecule has 19 heavy (non-hydrogen) atoms. The van der Waals surface area contributed by atoms with Crippen molar-refractivity contribution in [2.45, 2.75) is 6.54 Å². The highest BCUT2D eigenvalue weighted by atomic mass is 16.2. The molecule has 0 atom stereocenters. The number of amides is 2. The van der Waals surface area contributed by atoms with Crippen molar-refractivity contribution in [3.63, 3.8) is 0 Å². The molecule has 0 saturated heterocycles. The molecule has 1 aromatic carbocycles. The average Bonchev–Trinajstić information content (AvgIpc) is 2.33. The van der Waals surface area contributed by atoms with E-state index in [2.05, 4.69) is 15.3 Å². The van der Waals surface area contributed by atoms with Gasteiger partial charge in [0.1, 0.15) is 0 Å². The number of hydrogen-bond acceptors (Lipinski definition) is 2. The lowest BCUT2D eigenvalue weighted by Gasteiger charge is -2.26. The van der Waals surface area contributed by atoms with Crippen LogP contribution in [0.4, 0.5) is 16.2 Å². The maximum atomic E-state index is 11.5. The number of carbonyl (C=O) groups is 1. The Balaban J connectivity index is 2.36. The molecule has 2 rings (SSSR count). The molecule has 1 heterocycles. The average molecular weight is 261 g/mol. The fourth-order valence-corrected chi connectivity index (χ4v) is 1.77. The summed E-state index contributed by atoms with van der Waals surface area (Å²) in [5.74, 6) is -0.196. The van der Waals surface area contributed by atoms with Crippen LogP contribution < -0.4 is 27.4 Å². The van der Waals surface area contributed by atoms with E-state index in [1.807, 2.05) is 6.07 Å². The highest BCUT2D eigenvalue weighted by Crippen LogP contribution is 2.28. The highest BCUT2D eigenvalue weighted by Gasteiger charge is 2.20. The fraction of sp³-hybridized carbons (Fsp3) is 0.182. The summed E-state index contributed by atoms with van der Waals surface area (Å²) >= 11 is 0. The summed E-state index contributed by atoms with van der Waals surface area (Å²) in [6.07, 6.45) is 0. The van der Waals surface area contributed by atoms with Gasteiger partial charge in [-0.05, 0) is 17.7 Å². The summed E-state index contributed by atoms with van der Waals surface area (Å²) in [6.45, 7) is 0.492. The molecule has 0 fully saturated rings. The van der Waals surface area contributed by atoms with Crippen LogP contribution in [-0.2, 0) is 6.54 Å². The van der Waals surface area contributed by atoms with Crippen molar-refractivity contribution in [1.82, 2.24) is 5.32 Å². The van der Waals surface area contributed by atoms with Crippen molar-refractivity contribution in [3.8, 4) is 0 Å². The molecule has 1 aliphatic heterocycles. The third-order valence-corrected chi connectivity index (χ3v) is 2.65. The zero-order valence-corrected chi connectivity index (χ0v) is 10.4. The highest BCUT2D eigenvalue weighted by molar-refractivity contribution is 5.96. The zero-order chi connectivity index (χ0) is 14.0. The number of urea groups is 1. The van der Waals surface area contributed by atoms with Crippen LogP contribution >= 0.6 is 0 Å². The molecular weight excluding hydrogens is 246 g/mol. The van der Waals surface area contributed by atoms with Crippen LogP contribution in [0.3, 0.4) is 0 Å². The van der Waals surface area contributed by atoms with Crippen LogP contribution in [0, 0.1) is 0 Å². The molecular formula is C11H15N7O. The Labute approximate surface area is 110 Å². The predicted octanol–water partition coefficient (Wildman–Crippen LogP) is -0.434. The minimum atomic E-state index is -0.161. The van der Waals surface area contributed by atoms with E-state index in [1.54, 1.807) is 19.2 Å². The van der Waals surface area contributed by atoms with E-state index in [0.717, 1.165) is 11.3 Å². The van der Waals surface area contributed by atoms with Crippen LogP contribution in [0.5, 0.6) is 0 Å². The van der Waals surface area contributed by atoms with E-state index in [4.69, 9.17) is 17.2 Å². The van der Waals surface area contributed by atoms with Gasteiger partial charge in [-0.1, -0.05) is 6.07 Å². The monoisotopic (exact) mass is 261 g/mol.